The highest BCUT2D eigenvalue weighted by molar-refractivity contribution is 5.94. The minimum Gasteiger partial charge on any atom is -0.508 e. The van der Waals surface area contributed by atoms with E-state index >= 15 is 0 Å². The van der Waals surface area contributed by atoms with E-state index in [4.69, 9.17) is 0 Å². The van der Waals surface area contributed by atoms with Crippen LogP contribution in [-0.2, 0) is 0 Å². The summed E-state index contributed by atoms with van der Waals surface area (Å²) in [5.74, 6) is -0.290. The Morgan fingerprint density at radius 2 is 1.68 bits per heavy atom. The van der Waals surface area contributed by atoms with E-state index in [2.05, 4.69) is 4.90 Å². The smallest absolute Gasteiger partial charge is 0.254 e. The Labute approximate surface area is 128 Å². The molecule has 2 aromatic rings. The minimum absolute atomic E-state index is 0.134. The number of piperazine rings is 1. The number of hydrogen-bond donors (Lipinski definition) is 1. The number of halogens is 1. The molecule has 1 N–H and O–H groups in total. The van der Waals surface area contributed by atoms with Gasteiger partial charge in [-0.15, -0.1) is 0 Å². The quantitative estimate of drug-likeness (QED) is 0.926. The molecule has 2 aromatic carbocycles. The molecule has 4 nitrogen and oxygen atoms in total. The van der Waals surface area contributed by atoms with Crippen LogP contribution >= 0.6 is 0 Å². The first-order chi connectivity index (χ1) is 10.6. The summed E-state index contributed by atoms with van der Waals surface area (Å²) < 4.78 is 13.2. The first kappa shape index (κ1) is 14.4. The van der Waals surface area contributed by atoms with E-state index < -0.39 is 5.82 Å². The fraction of sp³-hybridized carbons (Fsp3) is 0.235. The van der Waals surface area contributed by atoms with Gasteiger partial charge in [0.15, 0.2) is 0 Å². The predicted molar refractivity (Wildman–Crippen MR) is 82.6 cm³/mol. The maximum absolute atomic E-state index is 13.2. The van der Waals surface area contributed by atoms with Gasteiger partial charge in [0.05, 0.1) is 0 Å². The number of anilines is 1. The summed E-state index contributed by atoms with van der Waals surface area (Å²) in [5, 5.41) is 9.32. The van der Waals surface area contributed by atoms with Crippen LogP contribution in [0.3, 0.4) is 0 Å². The molecular weight excluding hydrogens is 283 g/mol. The van der Waals surface area contributed by atoms with Crippen LogP contribution < -0.4 is 4.90 Å². The molecule has 3 rings (SSSR count). The van der Waals surface area contributed by atoms with Crippen molar-refractivity contribution in [2.45, 2.75) is 0 Å². The summed E-state index contributed by atoms with van der Waals surface area (Å²) in [6, 6.07) is 12.8. The van der Waals surface area contributed by atoms with Crippen molar-refractivity contribution in [1.82, 2.24) is 4.90 Å². The summed E-state index contributed by atoms with van der Waals surface area (Å²) in [5.41, 5.74) is 1.41. The lowest BCUT2D eigenvalue weighted by Gasteiger charge is -2.36. The Kier molecular flexibility index (Phi) is 3.96. The number of phenolic OH excluding ortho intramolecular Hbond substituents is 1. The van der Waals surface area contributed by atoms with Gasteiger partial charge >= 0.3 is 0 Å². The van der Waals surface area contributed by atoms with Crippen molar-refractivity contribution in [3.05, 3.63) is 59.9 Å². The Bertz CT molecular complexity index is 665. The third-order valence-corrected chi connectivity index (χ3v) is 3.85. The van der Waals surface area contributed by atoms with E-state index in [1.807, 2.05) is 12.1 Å². The molecule has 0 spiro atoms. The summed E-state index contributed by atoms with van der Waals surface area (Å²) in [6.45, 7) is 2.62. The topological polar surface area (TPSA) is 43.8 Å². The lowest BCUT2D eigenvalue weighted by atomic mass is 10.1. The van der Waals surface area contributed by atoms with E-state index in [1.165, 1.54) is 12.1 Å². The largest absolute Gasteiger partial charge is 0.508 e. The molecule has 0 unspecified atom stereocenters. The first-order valence-electron chi connectivity index (χ1n) is 7.22. The van der Waals surface area contributed by atoms with Crippen molar-refractivity contribution in [1.29, 1.82) is 0 Å². The number of hydrogen-bond acceptors (Lipinski definition) is 3. The molecule has 0 saturated carbocycles. The number of carbonyl (C=O) groups is 1. The summed E-state index contributed by atoms with van der Waals surface area (Å²) in [7, 11) is 0. The van der Waals surface area contributed by atoms with Gasteiger partial charge in [-0.25, -0.2) is 4.39 Å². The van der Waals surface area contributed by atoms with Gasteiger partial charge in [0.1, 0.15) is 11.6 Å². The van der Waals surface area contributed by atoms with Crippen molar-refractivity contribution in [2.24, 2.45) is 0 Å². The van der Waals surface area contributed by atoms with Crippen LogP contribution in [0.5, 0.6) is 5.75 Å². The minimum atomic E-state index is -0.395. The van der Waals surface area contributed by atoms with Crippen molar-refractivity contribution in [3.63, 3.8) is 0 Å². The molecular formula is C17H17FN2O2. The van der Waals surface area contributed by atoms with E-state index in [0.717, 1.165) is 5.69 Å². The third-order valence-electron chi connectivity index (χ3n) is 3.85. The number of phenols is 1. The number of amides is 1. The molecule has 1 fully saturated rings. The monoisotopic (exact) mass is 300 g/mol. The molecule has 0 atom stereocenters. The van der Waals surface area contributed by atoms with Crippen molar-refractivity contribution in [3.8, 4) is 5.75 Å². The molecule has 1 aliphatic rings. The Morgan fingerprint density at radius 3 is 2.32 bits per heavy atom. The van der Waals surface area contributed by atoms with Crippen molar-refractivity contribution in [2.75, 3.05) is 31.1 Å². The standard InChI is InChI=1S/C17H17FN2O2/c18-14-3-1-2-13(12-14)17(22)20-10-8-19(9-11-20)15-4-6-16(21)7-5-15/h1-7,12,21H,8-11H2. The van der Waals surface area contributed by atoms with Crippen LogP contribution in [0.15, 0.2) is 48.5 Å². The highest BCUT2D eigenvalue weighted by Crippen LogP contribution is 2.20. The lowest BCUT2D eigenvalue weighted by molar-refractivity contribution is 0.0746. The van der Waals surface area contributed by atoms with E-state index in [9.17, 15) is 14.3 Å². The SMILES string of the molecule is O=C(c1cccc(F)c1)N1CCN(c2ccc(O)cc2)CC1. The zero-order chi connectivity index (χ0) is 15.5. The average Bonchev–Trinajstić information content (AvgIpc) is 2.55. The highest BCUT2D eigenvalue weighted by Gasteiger charge is 2.22. The molecule has 0 aliphatic carbocycles. The zero-order valence-electron chi connectivity index (χ0n) is 12.1. The van der Waals surface area contributed by atoms with Gasteiger partial charge in [-0.1, -0.05) is 6.07 Å². The van der Waals surface area contributed by atoms with Crippen LogP contribution in [0.1, 0.15) is 10.4 Å². The fourth-order valence-electron chi connectivity index (χ4n) is 2.64. The zero-order valence-corrected chi connectivity index (χ0v) is 12.1. The number of aromatic hydroxyl groups is 1. The van der Waals surface area contributed by atoms with Crippen LogP contribution in [0.4, 0.5) is 10.1 Å². The molecule has 0 bridgehead atoms. The second-order valence-electron chi connectivity index (χ2n) is 5.31. The van der Waals surface area contributed by atoms with Crippen molar-refractivity contribution >= 4 is 11.6 Å². The van der Waals surface area contributed by atoms with Crippen LogP contribution in [0.25, 0.3) is 0 Å². The van der Waals surface area contributed by atoms with Gasteiger partial charge in [-0.05, 0) is 42.5 Å². The van der Waals surface area contributed by atoms with Gasteiger partial charge in [0, 0.05) is 37.4 Å². The first-order valence-corrected chi connectivity index (χ1v) is 7.22. The van der Waals surface area contributed by atoms with Gasteiger partial charge in [0.2, 0.25) is 0 Å². The van der Waals surface area contributed by atoms with Crippen LogP contribution in [0, 0.1) is 5.82 Å². The van der Waals surface area contributed by atoms with E-state index in [1.54, 1.807) is 29.2 Å². The molecule has 0 radical (unpaired) electrons. The summed E-state index contributed by atoms with van der Waals surface area (Å²) in [4.78, 5) is 16.3. The number of rotatable bonds is 2. The number of benzene rings is 2. The maximum Gasteiger partial charge on any atom is 0.254 e. The molecule has 0 aromatic heterocycles. The van der Waals surface area contributed by atoms with Gasteiger partial charge in [-0.2, -0.15) is 0 Å². The third kappa shape index (κ3) is 3.03. The molecule has 1 saturated heterocycles. The van der Waals surface area contributed by atoms with E-state index in [-0.39, 0.29) is 11.7 Å². The molecule has 114 valence electrons. The lowest BCUT2D eigenvalue weighted by Crippen LogP contribution is -2.48. The van der Waals surface area contributed by atoms with Crippen molar-refractivity contribution < 1.29 is 14.3 Å². The molecule has 1 amide bonds. The molecule has 1 heterocycles. The summed E-state index contributed by atoms with van der Waals surface area (Å²) >= 11 is 0. The Hall–Kier alpha value is -2.56. The molecule has 22 heavy (non-hydrogen) atoms. The highest BCUT2D eigenvalue weighted by atomic mass is 19.1. The van der Waals surface area contributed by atoms with Gasteiger partial charge < -0.3 is 14.9 Å². The summed E-state index contributed by atoms with van der Waals surface area (Å²) in [6.07, 6.45) is 0. The van der Waals surface area contributed by atoms with Crippen LogP contribution in [-0.4, -0.2) is 42.1 Å². The predicted octanol–water partition coefficient (Wildman–Crippen LogP) is 2.49. The van der Waals surface area contributed by atoms with Gasteiger partial charge in [-0.3, -0.25) is 4.79 Å². The normalized spacial score (nSPS) is 15.0. The van der Waals surface area contributed by atoms with Crippen LogP contribution in [0.2, 0.25) is 0 Å². The number of nitrogens with zero attached hydrogens (tertiary/aromatic N) is 2. The maximum atomic E-state index is 13.2. The Balaban J connectivity index is 1.64. The molecule has 1 aliphatic heterocycles. The fourth-order valence-corrected chi connectivity index (χ4v) is 2.64. The average molecular weight is 300 g/mol. The van der Waals surface area contributed by atoms with E-state index in [0.29, 0.717) is 31.7 Å². The van der Waals surface area contributed by atoms with Gasteiger partial charge in [0.25, 0.3) is 5.91 Å². The molecule has 5 heteroatoms. The Morgan fingerprint density at radius 1 is 1.00 bits per heavy atom. The number of carbonyl (C=O) groups excluding carboxylic acids is 1. The second-order valence-corrected chi connectivity index (χ2v) is 5.31. The second kappa shape index (κ2) is 6.05.